The van der Waals surface area contributed by atoms with Crippen LogP contribution < -0.4 is 5.32 Å². The van der Waals surface area contributed by atoms with Gasteiger partial charge in [0.15, 0.2) is 16.6 Å². The molecule has 0 atom stereocenters. The number of carbonyl (C=O) groups is 1. The summed E-state index contributed by atoms with van der Waals surface area (Å²) in [6, 6.07) is 2.09. The molecule has 0 aliphatic carbocycles. The minimum absolute atomic E-state index is 0.117. The molecule has 0 saturated carbocycles. The number of alkyl halides is 3. The van der Waals surface area contributed by atoms with Gasteiger partial charge in [-0.2, -0.15) is 18.3 Å². The predicted molar refractivity (Wildman–Crippen MR) is 81.5 cm³/mol. The van der Waals surface area contributed by atoms with Crippen molar-refractivity contribution in [3.8, 4) is 10.6 Å². The van der Waals surface area contributed by atoms with Crippen LogP contribution in [-0.4, -0.2) is 25.7 Å². The van der Waals surface area contributed by atoms with Gasteiger partial charge in [0.05, 0.1) is 22.3 Å². The lowest BCUT2D eigenvalue weighted by Crippen LogP contribution is -2.13. The maximum Gasteiger partial charge on any atom is 0.435 e. The molecule has 3 aromatic rings. The van der Waals surface area contributed by atoms with Crippen LogP contribution in [0.2, 0.25) is 0 Å². The first-order chi connectivity index (χ1) is 11.8. The molecule has 0 saturated heterocycles. The van der Waals surface area contributed by atoms with E-state index in [0.29, 0.717) is 4.88 Å². The molecule has 0 fully saturated rings. The van der Waals surface area contributed by atoms with Crippen molar-refractivity contribution in [2.45, 2.75) is 6.18 Å². The summed E-state index contributed by atoms with van der Waals surface area (Å²) >= 11 is 0.944. The third-order valence-corrected chi connectivity index (χ3v) is 4.10. The molecule has 3 heterocycles. The normalized spacial score (nSPS) is 11.6. The molecule has 1 N–H and O–H groups in total. The highest BCUT2D eigenvalue weighted by atomic mass is 32.1. The number of hydrogen-bond donors (Lipinski definition) is 1. The molecular weight excluding hydrogens is 362 g/mol. The number of hydrogen-bond acceptors (Lipinski definition) is 5. The topological polar surface area (TPSA) is 72.7 Å². The van der Waals surface area contributed by atoms with Crippen LogP contribution in [-0.2, 0) is 13.2 Å². The van der Waals surface area contributed by atoms with E-state index in [2.05, 4.69) is 20.4 Å². The maximum atomic E-state index is 13.5. The second-order valence-electron chi connectivity index (χ2n) is 4.88. The van der Waals surface area contributed by atoms with Crippen LogP contribution in [0.25, 0.3) is 10.6 Å². The average molecular weight is 371 g/mol. The SMILES string of the molecule is Cn1nc(C(F)(F)F)cc1-c1cnc(NC(=O)c2ccncc2F)s1. The van der Waals surface area contributed by atoms with E-state index in [1.807, 2.05) is 0 Å². The van der Waals surface area contributed by atoms with E-state index in [4.69, 9.17) is 0 Å². The summed E-state index contributed by atoms with van der Waals surface area (Å²) in [5.41, 5.74) is -1.05. The molecule has 3 aromatic heterocycles. The van der Waals surface area contributed by atoms with Crippen molar-refractivity contribution in [3.05, 3.63) is 47.8 Å². The minimum Gasteiger partial charge on any atom is -0.298 e. The molecule has 11 heteroatoms. The maximum absolute atomic E-state index is 13.5. The minimum atomic E-state index is -4.56. The number of rotatable bonds is 3. The van der Waals surface area contributed by atoms with Gasteiger partial charge >= 0.3 is 6.18 Å². The van der Waals surface area contributed by atoms with Crippen LogP contribution in [0.5, 0.6) is 0 Å². The van der Waals surface area contributed by atoms with Gasteiger partial charge in [-0.15, -0.1) is 0 Å². The Morgan fingerprint density at radius 2 is 2.08 bits per heavy atom. The van der Waals surface area contributed by atoms with Crippen molar-refractivity contribution in [1.29, 1.82) is 0 Å². The summed E-state index contributed by atoms with van der Waals surface area (Å²) in [6.45, 7) is 0. The number of anilines is 1. The number of carbonyl (C=O) groups excluding carboxylic acids is 1. The Labute approximate surface area is 142 Å². The first kappa shape index (κ1) is 17.0. The lowest BCUT2D eigenvalue weighted by molar-refractivity contribution is -0.141. The molecule has 0 unspecified atom stereocenters. The molecule has 130 valence electrons. The van der Waals surface area contributed by atoms with Crippen LogP contribution in [0, 0.1) is 5.82 Å². The van der Waals surface area contributed by atoms with Gasteiger partial charge in [-0.1, -0.05) is 11.3 Å². The number of amides is 1. The molecule has 3 rings (SSSR count). The molecular formula is C14H9F4N5OS. The summed E-state index contributed by atoms with van der Waals surface area (Å²) in [4.78, 5) is 19.8. The highest BCUT2D eigenvalue weighted by Crippen LogP contribution is 2.34. The Kier molecular flexibility index (Phi) is 4.25. The van der Waals surface area contributed by atoms with Crippen LogP contribution in [0.4, 0.5) is 22.7 Å². The van der Waals surface area contributed by atoms with Crippen LogP contribution >= 0.6 is 11.3 Å². The smallest absolute Gasteiger partial charge is 0.298 e. The van der Waals surface area contributed by atoms with E-state index in [9.17, 15) is 22.4 Å². The van der Waals surface area contributed by atoms with Crippen LogP contribution in [0.3, 0.4) is 0 Å². The third-order valence-electron chi connectivity index (χ3n) is 3.17. The zero-order chi connectivity index (χ0) is 18.2. The van der Waals surface area contributed by atoms with Gasteiger partial charge in [-0.05, 0) is 12.1 Å². The van der Waals surface area contributed by atoms with Gasteiger partial charge < -0.3 is 0 Å². The molecule has 1 amide bonds. The van der Waals surface area contributed by atoms with Crippen LogP contribution in [0.15, 0.2) is 30.7 Å². The Morgan fingerprint density at radius 1 is 1.32 bits per heavy atom. The zero-order valence-corrected chi connectivity index (χ0v) is 13.3. The molecule has 0 spiro atoms. The fraction of sp³-hybridized carbons (Fsp3) is 0.143. The summed E-state index contributed by atoms with van der Waals surface area (Å²) in [7, 11) is 1.37. The van der Waals surface area contributed by atoms with Crippen molar-refractivity contribution in [3.63, 3.8) is 0 Å². The Balaban J connectivity index is 1.83. The number of aromatic nitrogens is 4. The van der Waals surface area contributed by atoms with Crippen molar-refractivity contribution in [2.75, 3.05) is 5.32 Å². The second kappa shape index (κ2) is 6.24. The largest absolute Gasteiger partial charge is 0.435 e. The highest BCUT2D eigenvalue weighted by molar-refractivity contribution is 7.19. The summed E-state index contributed by atoms with van der Waals surface area (Å²) in [5, 5.41) is 5.93. The van der Waals surface area contributed by atoms with Gasteiger partial charge in [0.2, 0.25) is 0 Å². The zero-order valence-electron chi connectivity index (χ0n) is 12.5. The van der Waals surface area contributed by atoms with E-state index in [1.165, 1.54) is 25.5 Å². The van der Waals surface area contributed by atoms with Gasteiger partial charge in [0, 0.05) is 19.4 Å². The van der Waals surface area contributed by atoms with Gasteiger partial charge in [0.1, 0.15) is 0 Å². The quantitative estimate of drug-likeness (QED) is 0.717. The Hall–Kier alpha value is -2.82. The number of aryl methyl sites for hydroxylation is 1. The van der Waals surface area contributed by atoms with Gasteiger partial charge in [0.25, 0.3) is 5.91 Å². The number of halogens is 4. The fourth-order valence-corrected chi connectivity index (χ4v) is 2.87. The third kappa shape index (κ3) is 3.50. The molecule has 25 heavy (non-hydrogen) atoms. The lowest BCUT2D eigenvalue weighted by atomic mass is 10.2. The van der Waals surface area contributed by atoms with Crippen molar-refractivity contribution >= 4 is 22.4 Å². The van der Waals surface area contributed by atoms with E-state index >= 15 is 0 Å². The molecule has 0 bridgehead atoms. The summed E-state index contributed by atoms with van der Waals surface area (Å²) in [6.07, 6.45) is -1.09. The van der Waals surface area contributed by atoms with Gasteiger partial charge in [-0.25, -0.2) is 9.37 Å². The van der Waals surface area contributed by atoms with Crippen LogP contribution in [0.1, 0.15) is 16.1 Å². The van der Waals surface area contributed by atoms with Gasteiger partial charge in [-0.3, -0.25) is 19.8 Å². The van der Waals surface area contributed by atoms with Crippen molar-refractivity contribution in [1.82, 2.24) is 19.7 Å². The number of nitrogens with one attached hydrogen (secondary N) is 1. The highest BCUT2D eigenvalue weighted by Gasteiger charge is 2.34. The number of thiazole rings is 1. The van der Waals surface area contributed by atoms with E-state index in [0.717, 1.165) is 28.3 Å². The molecule has 0 aromatic carbocycles. The fourth-order valence-electron chi connectivity index (χ4n) is 2.01. The number of nitrogens with zero attached hydrogens (tertiary/aromatic N) is 4. The summed E-state index contributed by atoms with van der Waals surface area (Å²) < 4.78 is 52.7. The first-order valence-electron chi connectivity index (χ1n) is 6.74. The predicted octanol–water partition coefficient (Wildman–Crippen LogP) is 3.35. The second-order valence-corrected chi connectivity index (χ2v) is 5.91. The lowest BCUT2D eigenvalue weighted by Gasteiger charge is -2.02. The average Bonchev–Trinajstić information content (AvgIpc) is 3.13. The summed E-state index contributed by atoms with van der Waals surface area (Å²) in [5.74, 6) is -1.53. The van der Waals surface area contributed by atoms with Crippen molar-refractivity contribution < 1.29 is 22.4 Å². The van der Waals surface area contributed by atoms with Crippen molar-refractivity contribution in [2.24, 2.45) is 7.05 Å². The standard InChI is InChI=1S/C14H9F4N5OS/c1-23-9(4-11(22-23)14(16,17)18)10-6-20-13(25-10)21-12(24)7-2-3-19-5-8(7)15/h2-6H,1H3,(H,20,21,24). The first-order valence-corrected chi connectivity index (χ1v) is 7.55. The van der Waals surface area contributed by atoms with E-state index < -0.39 is 23.6 Å². The molecule has 6 nitrogen and oxygen atoms in total. The molecule has 0 radical (unpaired) electrons. The van der Waals surface area contributed by atoms with E-state index in [-0.39, 0.29) is 16.4 Å². The Morgan fingerprint density at radius 3 is 2.72 bits per heavy atom. The monoisotopic (exact) mass is 371 g/mol. The van der Waals surface area contributed by atoms with E-state index in [1.54, 1.807) is 0 Å². The number of pyridine rings is 1. The molecule has 0 aliphatic rings. The Bertz CT molecular complexity index is 933. The molecule has 0 aliphatic heterocycles.